The van der Waals surface area contributed by atoms with Crippen molar-refractivity contribution in [1.29, 1.82) is 0 Å². The number of carboxylic acid groups (broad SMARTS) is 1. The average molecular weight is 255 g/mol. The zero-order chi connectivity index (χ0) is 13.0. The molecule has 1 aliphatic carbocycles. The van der Waals surface area contributed by atoms with Crippen molar-refractivity contribution in [3.05, 3.63) is 0 Å². The third kappa shape index (κ3) is 3.22. The Morgan fingerprint density at radius 1 is 1.06 bits per heavy atom. The zero-order valence-corrected chi connectivity index (χ0v) is 10.6. The van der Waals surface area contributed by atoms with Crippen molar-refractivity contribution in [2.75, 3.05) is 13.2 Å². The molecule has 5 nitrogen and oxygen atoms in total. The van der Waals surface area contributed by atoms with E-state index < -0.39 is 11.9 Å². The van der Waals surface area contributed by atoms with Gasteiger partial charge in [0.05, 0.1) is 19.3 Å². The number of carbonyl (C=O) groups excluding carboxylic acids is 1. The van der Waals surface area contributed by atoms with E-state index in [1.54, 1.807) is 0 Å². The fraction of sp³-hybridized carbons (Fsp3) is 0.846. The van der Waals surface area contributed by atoms with Crippen molar-refractivity contribution in [2.24, 2.45) is 11.8 Å². The topological polar surface area (TPSA) is 75.6 Å². The van der Waals surface area contributed by atoms with Gasteiger partial charge in [0.1, 0.15) is 5.92 Å². The van der Waals surface area contributed by atoms with Crippen molar-refractivity contribution in [1.82, 2.24) is 5.32 Å². The maximum Gasteiger partial charge on any atom is 0.311 e. The summed E-state index contributed by atoms with van der Waals surface area (Å²) in [5.74, 6) is -1.42. The van der Waals surface area contributed by atoms with Crippen LogP contribution in [0.15, 0.2) is 0 Å². The minimum absolute atomic E-state index is 0.0126. The Bertz CT molecular complexity index is 310. The van der Waals surface area contributed by atoms with E-state index in [0.717, 1.165) is 25.7 Å². The molecule has 1 amide bonds. The van der Waals surface area contributed by atoms with Crippen molar-refractivity contribution in [3.63, 3.8) is 0 Å². The van der Waals surface area contributed by atoms with Gasteiger partial charge in [-0.2, -0.15) is 0 Å². The summed E-state index contributed by atoms with van der Waals surface area (Å²) in [6.45, 7) is 0.514. The summed E-state index contributed by atoms with van der Waals surface area (Å²) in [4.78, 5) is 23.1. The molecule has 0 bridgehead atoms. The number of nitrogens with one attached hydrogen (secondary N) is 1. The number of hydrogen-bond donors (Lipinski definition) is 2. The van der Waals surface area contributed by atoms with E-state index in [-0.39, 0.29) is 24.5 Å². The summed E-state index contributed by atoms with van der Waals surface area (Å²) < 4.78 is 5.15. The van der Waals surface area contributed by atoms with Gasteiger partial charge < -0.3 is 15.2 Å². The molecule has 18 heavy (non-hydrogen) atoms. The zero-order valence-electron chi connectivity index (χ0n) is 10.6. The fourth-order valence-corrected chi connectivity index (χ4v) is 2.78. The highest BCUT2D eigenvalue weighted by Crippen LogP contribution is 2.24. The van der Waals surface area contributed by atoms with Gasteiger partial charge in [-0.25, -0.2) is 0 Å². The largest absolute Gasteiger partial charge is 0.481 e. The molecule has 2 rings (SSSR count). The highest BCUT2D eigenvalue weighted by atomic mass is 16.5. The molecular weight excluding hydrogens is 234 g/mol. The van der Waals surface area contributed by atoms with E-state index in [1.807, 2.05) is 0 Å². The van der Waals surface area contributed by atoms with Crippen LogP contribution in [0.25, 0.3) is 0 Å². The van der Waals surface area contributed by atoms with Crippen molar-refractivity contribution in [2.45, 2.75) is 44.6 Å². The summed E-state index contributed by atoms with van der Waals surface area (Å²) in [5.41, 5.74) is 0. The van der Waals surface area contributed by atoms with Crippen molar-refractivity contribution >= 4 is 11.9 Å². The summed E-state index contributed by atoms with van der Waals surface area (Å²) >= 11 is 0. The standard InChI is InChI=1S/C13H21NO4/c15-12(9-5-3-1-2-4-6-9)14-11-8-18-7-10(11)13(16)17/h9-11H,1-8H2,(H,14,15)(H,16,17). The second-order valence-corrected chi connectivity index (χ2v) is 5.29. The second kappa shape index (κ2) is 6.18. The second-order valence-electron chi connectivity index (χ2n) is 5.29. The maximum atomic E-state index is 12.1. The molecule has 2 atom stereocenters. The van der Waals surface area contributed by atoms with Gasteiger partial charge in [0.15, 0.2) is 0 Å². The van der Waals surface area contributed by atoms with Crippen LogP contribution in [0.5, 0.6) is 0 Å². The quantitative estimate of drug-likeness (QED) is 0.742. The summed E-state index contributed by atoms with van der Waals surface area (Å²) in [5, 5.41) is 11.9. The smallest absolute Gasteiger partial charge is 0.311 e. The van der Waals surface area contributed by atoms with E-state index in [4.69, 9.17) is 9.84 Å². The van der Waals surface area contributed by atoms with Crippen LogP contribution in [0, 0.1) is 11.8 Å². The van der Waals surface area contributed by atoms with Gasteiger partial charge in [0.25, 0.3) is 0 Å². The lowest BCUT2D eigenvalue weighted by atomic mass is 9.97. The van der Waals surface area contributed by atoms with Gasteiger partial charge in [0, 0.05) is 5.92 Å². The van der Waals surface area contributed by atoms with E-state index in [2.05, 4.69) is 5.32 Å². The van der Waals surface area contributed by atoms with Gasteiger partial charge in [-0.3, -0.25) is 9.59 Å². The summed E-state index contributed by atoms with van der Waals surface area (Å²) in [6.07, 6.45) is 6.46. The number of carbonyl (C=O) groups is 2. The Hall–Kier alpha value is -1.10. The highest BCUT2D eigenvalue weighted by molar-refractivity contribution is 5.80. The Kier molecular flexibility index (Phi) is 4.58. The Morgan fingerprint density at radius 2 is 1.72 bits per heavy atom. The molecule has 0 radical (unpaired) electrons. The molecule has 5 heteroatoms. The normalized spacial score (nSPS) is 29.8. The Balaban J connectivity index is 1.87. The lowest BCUT2D eigenvalue weighted by Crippen LogP contribution is -2.45. The molecule has 0 aromatic carbocycles. The molecule has 2 N–H and O–H groups in total. The van der Waals surface area contributed by atoms with E-state index >= 15 is 0 Å². The fourth-order valence-electron chi connectivity index (χ4n) is 2.78. The Labute approximate surface area is 107 Å². The Morgan fingerprint density at radius 3 is 2.33 bits per heavy atom. The van der Waals surface area contributed by atoms with Gasteiger partial charge in [-0.1, -0.05) is 25.7 Å². The minimum Gasteiger partial charge on any atom is -0.481 e. The maximum absolute atomic E-state index is 12.1. The molecule has 2 unspecified atom stereocenters. The van der Waals surface area contributed by atoms with Crippen LogP contribution in [-0.2, 0) is 14.3 Å². The number of carboxylic acids is 1. The molecule has 2 fully saturated rings. The first-order valence-electron chi connectivity index (χ1n) is 6.79. The van der Waals surface area contributed by atoms with Gasteiger partial charge in [0.2, 0.25) is 5.91 Å². The number of hydrogen-bond acceptors (Lipinski definition) is 3. The predicted molar refractivity (Wildman–Crippen MR) is 65.1 cm³/mol. The molecule has 0 spiro atoms. The van der Waals surface area contributed by atoms with Crippen LogP contribution in [0.4, 0.5) is 0 Å². The molecule has 0 aromatic heterocycles. The number of rotatable bonds is 3. The van der Waals surface area contributed by atoms with Crippen LogP contribution >= 0.6 is 0 Å². The SMILES string of the molecule is O=C(NC1COCC1C(=O)O)C1CCCCCC1. The van der Waals surface area contributed by atoms with Crippen molar-refractivity contribution < 1.29 is 19.4 Å². The van der Waals surface area contributed by atoms with Crippen LogP contribution in [0.1, 0.15) is 38.5 Å². The number of aliphatic carboxylic acids is 1. The molecule has 2 aliphatic rings. The molecule has 102 valence electrons. The first-order valence-corrected chi connectivity index (χ1v) is 6.79. The lowest BCUT2D eigenvalue weighted by Gasteiger charge is -2.20. The lowest BCUT2D eigenvalue weighted by molar-refractivity contribution is -0.142. The first-order chi connectivity index (χ1) is 8.68. The summed E-state index contributed by atoms with van der Waals surface area (Å²) in [7, 11) is 0. The third-order valence-corrected chi connectivity index (χ3v) is 3.95. The van der Waals surface area contributed by atoms with Crippen LogP contribution < -0.4 is 5.32 Å². The van der Waals surface area contributed by atoms with Crippen molar-refractivity contribution in [3.8, 4) is 0 Å². The van der Waals surface area contributed by atoms with Gasteiger partial charge in [-0.15, -0.1) is 0 Å². The molecule has 0 aromatic rings. The first kappa shape index (κ1) is 13.3. The molecule has 1 heterocycles. The molecule has 1 saturated heterocycles. The number of ether oxygens (including phenoxy) is 1. The molecular formula is C13H21NO4. The average Bonchev–Trinajstić information content (AvgIpc) is 2.63. The molecule has 1 saturated carbocycles. The van der Waals surface area contributed by atoms with E-state index in [1.165, 1.54) is 12.8 Å². The predicted octanol–water partition coefficient (Wildman–Crippen LogP) is 1.17. The third-order valence-electron chi connectivity index (χ3n) is 3.95. The van der Waals surface area contributed by atoms with Crippen LogP contribution in [0.2, 0.25) is 0 Å². The monoisotopic (exact) mass is 255 g/mol. The van der Waals surface area contributed by atoms with Gasteiger partial charge in [-0.05, 0) is 12.8 Å². The van der Waals surface area contributed by atoms with E-state index in [0.29, 0.717) is 6.61 Å². The molecule has 1 aliphatic heterocycles. The van der Waals surface area contributed by atoms with Crippen LogP contribution in [-0.4, -0.2) is 36.2 Å². The highest BCUT2D eigenvalue weighted by Gasteiger charge is 2.36. The van der Waals surface area contributed by atoms with E-state index in [9.17, 15) is 9.59 Å². The minimum atomic E-state index is -0.890. The summed E-state index contributed by atoms with van der Waals surface area (Å²) in [6, 6.07) is -0.363. The van der Waals surface area contributed by atoms with Gasteiger partial charge >= 0.3 is 5.97 Å². The number of amides is 1. The van der Waals surface area contributed by atoms with Crippen LogP contribution in [0.3, 0.4) is 0 Å².